The summed E-state index contributed by atoms with van der Waals surface area (Å²) in [4.78, 5) is 33.2. The molecule has 1 aromatic carbocycles. The SMILES string of the molecule is C=CCc1c(C)nc(-c2ccc(C(=O)OC)s2)nc1Nc1ccc(C(=O)O)cc1. The summed E-state index contributed by atoms with van der Waals surface area (Å²) >= 11 is 1.25. The van der Waals surface area contributed by atoms with Gasteiger partial charge in [0.05, 0.1) is 17.6 Å². The molecule has 2 aromatic heterocycles. The maximum absolute atomic E-state index is 11.7. The van der Waals surface area contributed by atoms with Crippen LogP contribution in [0.3, 0.4) is 0 Å². The second-order valence-electron chi connectivity index (χ2n) is 6.12. The molecule has 0 aliphatic heterocycles. The average Bonchev–Trinajstić information content (AvgIpc) is 3.20. The Kier molecular flexibility index (Phi) is 6.04. The van der Waals surface area contributed by atoms with E-state index in [0.29, 0.717) is 28.6 Å². The third-order valence-electron chi connectivity index (χ3n) is 4.17. The molecule has 0 saturated carbocycles. The first kappa shape index (κ1) is 20.2. The molecule has 0 unspecified atom stereocenters. The first-order valence-electron chi connectivity index (χ1n) is 8.70. The Morgan fingerprint density at radius 1 is 1.21 bits per heavy atom. The van der Waals surface area contributed by atoms with Gasteiger partial charge in [0.1, 0.15) is 10.7 Å². The van der Waals surface area contributed by atoms with Crippen LogP contribution in [0.2, 0.25) is 0 Å². The fourth-order valence-electron chi connectivity index (χ4n) is 2.70. The molecule has 0 radical (unpaired) electrons. The second kappa shape index (κ2) is 8.66. The van der Waals surface area contributed by atoms with Crippen molar-refractivity contribution in [2.45, 2.75) is 13.3 Å². The van der Waals surface area contributed by atoms with Crippen LogP contribution in [0, 0.1) is 6.92 Å². The van der Waals surface area contributed by atoms with E-state index in [1.807, 2.05) is 6.92 Å². The summed E-state index contributed by atoms with van der Waals surface area (Å²) in [5.41, 5.74) is 2.57. The summed E-state index contributed by atoms with van der Waals surface area (Å²) in [7, 11) is 1.34. The normalized spacial score (nSPS) is 10.4. The number of ether oxygens (including phenoxy) is 1. The Labute approximate surface area is 171 Å². The van der Waals surface area contributed by atoms with Crippen LogP contribution >= 0.6 is 11.3 Å². The van der Waals surface area contributed by atoms with Crippen molar-refractivity contribution in [3.05, 3.63) is 70.8 Å². The van der Waals surface area contributed by atoms with E-state index in [0.717, 1.165) is 16.1 Å². The van der Waals surface area contributed by atoms with E-state index >= 15 is 0 Å². The van der Waals surface area contributed by atoms with Gasteiger partial charge in [0, 0.05) is 16.9 Å². The lowest BCUT2D eigenvalue weighted by molar-refractivity contribution is 0.0605. The van der Waals surface area contributed by atoms with E-state index in [4.69, 9.17) is 9.84 Å². The quantitative estimate of drug-likeness (QED) is 0.438. The van der Waals surface area contributed by atoms with Crippen LogP contribution in [0.4, 0.5) is 11.5 Å². The van der Waals surface area contributed by atoms with Gasteiger partial charge in [-0.1, -0.05) is 6.08 Å². The number of nitrogens with one attached hydrogen (secondary N) is 1. The third kappa shape index (κ3) is 4.49. The number of nitrogens with zero attached hydrogens (tertiary/aromatic N) is 2. The number of thiophene rings is 1. The molecule has 0 saturated heterocycles. The monoisotopic (exact) mass is 409 g/mol. The fourth-order valence-corrected chi connectivity index (χ4v) is 3.56. The molecule has 0 aliphatic rings. The summed E-state index contributed by atoms with van der Waals surface area (Å²) in [6.07, 6.45) is 2.34. The molecule has 0 aliphatic carbocycles. The third-order valence-corrected chi connectivity index (χ3v) is 5.23. The van der Waals surface area contributed by atoms with Crippen LogP contribution in [0.5, 0.6) is 0 Å². The zero-order valence-corrected chi connectivity index (χ0v) is 16.7. The van der Waals surface area contributed by atoms with Gasteiger partial charge in [0.2, 0.25) is 0 Å². The fraction of sp³-hybridized carbons (Fsp3) is 0.143. The largest absolute Gasteiger partial charge is 0.478 e. The molecule has 2 heterocycles. The number of aromatic carboxylic acids is 1. The van der Waals surface area contributed by atoms with Crippen LogP contribution < -0.4 is 5.32 Å². The lowest BCUT2D eigenvalue weighted by Crippen LogP contribution is -2.05. The summed E-state index contributed by atoms with van der Waals surface area (Å²) < 4.78 is 4.75. The van der Waals surface area contributed by atoms with Gasteiger partial charge in [-0.15, -0.1) is 17.9 Å². The van der Waals surface area contributed by atoms with E-state index in [9.17, 15) is 9.59 Å². The number of anilines is 2. The van der Waals surface area contributed by atoms with Gasteiger partial charge >= 0.3 is 11.9 Å². The summed E-state index contributed by atoms with van der Waals surface area (Å²) in [6.45, 7) is 5.68. The number of carboxylic acids is 1. The molecule has 0 fully saturated rings. The Bertz CT molecular complexity index is 1070. The van der Waals surface area contributed by atoms with Crippen molar-refractivity contribution in [2.24, 2.45) is 0 Å². The number of aromatic nitrogens is 2. The predicted molar refractivity (Wildman–Crippen MR) is 112 cm³/mol. The van der Waals surface area contributed by atoms with Crippen molar-refractivity contribution in [3.8, 4) is 10.7 Å². The maximum Gasteiger partial charge on any atom is 0.348 e. The number of esters is 1. The number of hydrogen-bond acceptors (Lipinski definition) is 7. The maximum atomic E-state index is 11.7. The van der Waals surface area contributed by atoms with E-state index in [-0.39, 0.29) is 5.56 Å². The minimum absolute atomic E-state index is 0.204. The highest BCUT2D eigenvalue weighted by Crippen LogP contribution is 2.30. The highest BCUT2D eigenvalue weighted by Gasteiger charge is 2.16. The molecule has 3 aromatic rings. The van der Waals surface area contributed by atoms with Crippen molar-refractivity contribution < 1.29 is 19.4 Å². The Hall–Kier alpha value is -3.52. The van der Waals surface area contributed by atoms with E-state index in [1.165, 1.54) is 30.6 Å². The molecular weight excluding hydrogens is 390 g/mol. The van der Waals surface area contributed by atoms with Crippen LogP contribution in [0.25, 0.3) is 10.7 Å². The predicted octanol–water partition coefficient (Wildman–Crippen LogP) is 4.47. The Balaban J connectivity index is 2.00. The number of hydrogen-bond donors (Lipinski definition) is 2. The molecule has 8 heteroatoms. The van der Waals surface area contributed by atoms with Gasteiger partial charge in [-0.2, -0.15) is 0 Å². The standard InChI is InChI=1S/C21H19N3O4S/c1-4-5-15-12(2)22-19(16-10-11-17(29-16)21(27)28-3)24-18(15)23-14-8-6-13(7-9-14)20(25)26/h4,6-11H,1,5H2,2-3H3,(H,25,26)(H,22,23,24). The Morgan fingerprint density at radius 2 is 1.93 bits per heavy atom. The number of methoxy groups -OCH3 is 1. The van der Waals surface area contributed by atoms with Crippen molar-refractivity contribution in [3.63, 3.8) is 0 Å². The molecule has 0 amide bonds. The van der Waals surface area contributed by atoms with Crippen LogP contribution in [-0.4, -0.2) is 34.1 Å². The smallest absolute Gasteiger partial charge is 0.348 e. The van der Waals surface area contributed by atoms with Crippen LogP contribution in [0.15, 0.2) is 49.1 Å². The molecule has 0 atom stereocenters. The van der Waals surface area contributed by atoms with Gasteiger partial charge in [0.15, 0.2) is 5.82 Å². The number of carbonyl (C=O) groups excluding carboxylic acids is 1. The van der Waals surface area contributed by atoms with E-state index in [2.05, 4.69) is 21.9 Å². The zero-order valence-electron chi connectivity index (χ0n) is 15.9. The summed E-state index contributed by atoms with van der Waals surface area (Å²) in [5, 5.41) is 12.3. The van der Waals surface area contributed by atoms with Crippen LogP contribution in [-0.2, 0) is 11.2 Å². The first-order valence-corrected chi connectivity index (χ1v) is 9.52. The summed E-state index contributed by atoms with van der Waals surface area (Å²) in [6, 6.07) is 9.87. The van der Waals surface area contributed by atoms with Gasteiger partial charge in [-0.05, 0) is 49.7 Å². The number of benzene rings is 1. The minimum atomic E-state index is -0.983. The molecule has 3 rings (SSSR count). The van der Waals surface area contributed by atoms with Crippen molar-refractivity contribution >= 4 is 34.8 Å². The Morgan fingerprint density at radius 3 is 2.55 bits per heavy atom. The van der Waals surface area contributed by atoms with Gasteiger partial charge in [-0.3, -0.25) is 0 Å². The molecular formula is C21H19N3O4S. The van der Waals surface area contributed by atoms with Gasteiger partial charge in [0.25, 0.3) is 0 Å². The molecule has 0 spiro atoms. The molecule has 0 bridgehead atoms. The number of rotatable bonds is 7. The van der Waals surface area contributed by atoms with Crippen LogP contribution in [0.1, 0.15) is 31.3 Å². The number of aryl methyl sites for hydroxylation is 1. The highest BCUT2D eigenvalue weighted by molar-refractivity contribution is 7.17. The highest BCUT2D eigenvalue weighted by atomic mass is 32.1. The van der Waals surface area contributed by atoms with E-state index < -0.39 is 11.9 Å². The minimum Gasteiger partial charge on any atom is -0.478 e. The topological polar surface area (TPSA) is 101 Å². The summed E-state index contributed by atoms with van der Waals surface area (Å²) in [5.74, 6) is -0.301. The van der Waals surface area contributed by atoms with Gasteiger partial charge in [-0.25, -0.2) is 19.6 Å². The second-order valence-corrected chi connectivity index (χ2v) is 7.20. The lowest BCUT2D eigenvalue weighted by Gasteiger charge is -2.14. The number of carboxylic acid groups (broad SMARTS) is 1. The molecule has 29 heavy (non-hydrogen) atoms. The van der Waals surface area contributed by atoms with Crippen molar-refractivity contribution in [1.29, 1.82) is 0 Å². The van der Waals surface area contributed by atoms with E-state index in [1.54, 1.807) is 30.3 Å². The van der Waals surface area contributed by atoms with Crippen molar-refractivity contribution in [1.82, 2.24) is 9.97 Å². The van der Waals surface area contributed by atoms with Crippen molar-refractivity contribution in [2.75, 3.05) is 12.4 Å². The molecule has 148 valence electrons. The molecule has 7 nitrogen and oxygen atoms in total. The van der Waals surface area contributed by atoms with Gasteiger partial charge < -0.3 is 15.2 Å². The number of carbonyl (C=O) groups is 2. The molecule has 2 N–H and O–H groups in total. The average molecular weight is 409 g/mol. The lowest BCUT2D eigenvalue weighted by atomic mass is 10.1. The first-order chi connectivity index (χ1) is 13.9. The zero-order chi connectivity index (χ0) is 21.0. The number of allylic oxidation sites excluding steroid dienone is 1.